The fourth-order valence-electron chi connectivity index (χ4n) is 3.14. The molecule has 30 heavy (non-hydrogen) atoms. The van der Waals surface area contributed by atoms with Crippen molar-refractivity contribution in [3.8, 4) is 5.69 Å². The van der Waals surface area contributed by atoms with Crippen LogP contribution in [0.2, 0.25) is 0 Å². The molecule has 3 rings (SSSR count). The van der Waals surface area contributed by atoms with Crippen LogP contribution in [0.5, 0.6) is 0 Å². The molecule has 0 fully saturated rings. The van der Waals surface area contributed by atoms with Crippen LogP contribution in [0.3, 0.4) is 0 Å². The van der Waals surface area contributed by atoms with Crippen molar-refractivity contribution in [3.05, 3.63) is 65.5 Å². The van der Waals surface area contributed by atoms with E-state index in [1.54, 1.807) is 24.3 Å². The van der Waals surface area contributed by atoms with E-state index < -0.39 is 5.97 Å². The van der Waals surface area contributed by atoms with Crippen LogP contribution < -0.4 is 5.32 Å². The lowest BCUT2D eigenvalue weighted by atomic mass is 9.92. The summed E-state index contributed by atoms with van der Waals surface area (Å²) in [6.45, 7) is 7.93. The number of esters is 1. The maximum absolute atomic E-state index is 12.5. The SMILES string of the molecule is CC(C)c1cccc(C(C)C)c1NC(=O)COC(=O)c1cccc(-n2cnnn2)c1. The molecule has 1 amide bonds. The van der Waals surface area contributed by atoms with Gasteiger partial charge in [-0.15, -0.1) is 5.10 Å². The molecular formula is C22H25N5O3. The minimum Gasteiger partial charge on any atom is -0.452 e. The van der Waals surface area contributed by atoms with Gasteiger partial charge in [-0.3, -0.25) is 4.79 Å². The number of hydrogen-bond acceptors (Lipinski definition) is 6. The molecule has 0 spiro atoms. The third-order valence-electron chi connectivity index (χ3n) is 4.67. The molecule has 0 aliphatic heterocycles. The van der Waals surface area contributed by atoms with E-state index in [1.807, 2.05) is 18.2 Å². The lowest BCUT2D eigenvalue weighted by Gasteiger charge is -2.20. The van der Waals surface area contributed by atoms with Gasteiger partial charge in [0.25, 0.3) is 5.91 Å². The quantitative estimate of drug-likeness (QED) is 0.600. The van der Waals surface area contributed by atoms with E-state index in [4.69, 9.17) is 4.74 Å². The van der Waals surface area contributed by atoms with Crippen LogP contribution >= 0.6 is 0 Å². The Kier molecular flexibility index (Phi) is 6.56. The zero-order valence-electron chi connectivity index (χ0n) is 17.5. The van der Waals surface area contributed by atoms with Gasteiger partial charge in [0.1, 0.15) is 6.33 Å². The molecule has 1 heterocycles. The number of anilines is 1. The Labute approximate surface area is 175 Å². The number of amides is 1. The van der Waals surface area contributed by atoms with E-state index in [9.17, 15) is 9.59 Å². The van der Waals surface area contributed by atoms with Crippen molar-refractivity contribution < 1.29 is 14.3 Å². The van der Waals surface area contributed by atoms with Crippen molar-refractivity contribution in [2.45, 2.75) is 39.5 Å². The Balaban J connectivity index is 1.68. The zero-order chi connectivity index (χ0) is 21.7. The van der Waals surface area contributed by atoms with Crippen LogP contribution in [0.1, 0.15) is 61.0 Å². The summed E-state index contributed by atoms with van der Waals surface area (Å²) in [6.07, 6.45) is 1.43. The van der Waals surface area contributed by atoms with Gasteiger partial charge in [-0.05, 0) is 51.6 Å². The monoisotopic (exact) mass is 407 g/mol. The average molecular weight is 407 g/mol. The molecule has 1 aromatic heterocycles. The van der Waals surface area contributed by atoms with E-state index in [-0.39, 0.29) is 24.3 Å². The summed E-state index contributed by atoms with van der Waals surface area (Å²) >= 11 is 0. The first kappa shape index (κ1) is 21.2. The summed E-state index contributed by atoms with van der Waals surface area (Å²) in [7, 11) is 0. The molecular weight excluding hydrogens is 382 g/mol. The van der Waals surface area contributed by atoms with Crippen molar-refractivity contribution in [1.82, 2.24) is 20.2 Å². The van der Waals surface area contributed by atoms with Gasteiger partial charge in [0.05, 0.1) is 11.3 Å². The highest BCUT2D eigenvalue weighted by Crippen LogP contribution is 2.32. The highest BCUT2D eigenvalue weighted by atomic mass is 16.5. The van der Waals surface area contributed by atoms with Crippen molar-refractivity contribution in [2.75, 3.05) is 11.9 Å². The summed E-state index contributed by atoms with van der Waals surface area (Å²) in [4.78, 5) is 24.9. The summed E-state index contributed by atoms with van der Waals surface area (Å²) in [5, 5.41) is 13.9. The maximum atomic E-state index is 12.5. The van der Waals surface area contributed by atoms with Crippen LogP contribution in [-0.2, 0) is 9.53 Å². The third kappa shape index (κ3) is 4.89. The highest BCUT2D eigenvalue weighted by Gasteiger charge is 2.17. The molecule has 0 aliphatic carbocycles. The normalized spacial score (nSPS) is 11.0. The number of benzene rings is 2. The fraction of sp³-hybridized carbons (Fsp3) is 0.318. The Hall–Kier alpha value is -3.55. The Morgan fingerprint density at radius 3 is 2.30 bits per heavy atom. The van der Waals surface area contributed by atoms with Gasteiger partial charge in [-0.1, -0.05) is 52.0 Å². The maximum Gasteiger partial charge on any atom is 0.338 e. The van der Waals surface area contributed by atoms with E-state index in [1.165, 1.54) is 11.0 Å². The Bertz CT molecular complexity index is 1000. The predicted octanol–water partition coefficient (Wildman–Crippen LogP) is 3.70. The van der Waals surface area contributed by atoms with Gasteiger partial charge in [-0.25, -0.2) is 9.48 Å². The molecule has 1 N–H and O–H groups in total. The molecule has 0 radical (unpaired) electrons. The van der Waals surface area contributed by atoms with Crippen LogP contribution in [0.15, 0.2) is 48.8 Å². The van der Waals surface area contributed by atoms with Gasteiger partial charge in [0.15, 0.2) is 6.61 Å². The van der Waals surface area contributed by atoms with E-state index in [0.29, 0.717) is 11.3 Å². The molecule has 3 aromatic rings. The summed E-state index contributed by atoms with van der Waals surface area (Å²) in [5.41, 5.74) is 3.82. The number of aromatic nitrogens is 4. The molecule has 8 nitrogen and oxygen atoms in total. The number of nitrogens with zero attached hydrogens (tertiary/aromatic N) is 4. The molecule has 0 saturated carbocycles. The minimum absolute atomic E-state index is 0.246. The van der Waals surface area contributed by atoms with Crippen LogP contribution in [0.4, 0.5) is 5.69 Å². The molecule has 0 aliphatic rings. The predicted molar refractivity (Wildman–Crippen MR) is 113 cm³/mol. The summed E-state index contributed by atoms with van der Waals surface area (Å²) < 4.78 is 6.65. The summed E-state index contributed by atoms with van der Waals surface area (Å²) in [5.74, 6) is -0.484. The van der Waals surface area contributed by atoms with Gasteiger partial charge in [-0.2, -0.15) is 0 Å². The first-order valence-electron chi connectivity index (χ1n) is 9.80. The number of ether oxygens (including phenoxy) is 1. The zero-order valence-corrected chi connectivity index (χ0v) is 17.5. The first-order chi connectivity index (χ1) is 14.4. The van der Waals surface area contributed by atoms with E-state index in [0.717, 1.165) is 16.8 Å². The smallest absolute Gasteiger partial charge is 0.338 e. The van der Waals surface area contributed by atoms with Crippen molar-refractivity contribution in [1.29, 1.82) is 0 Å². The van der Waals surface area contributed by atoms with Crippen LogP contribution in [0, 0.1) is 0 Å². The van der Waals surface area contributed by atoms with Gasteiger partial charge >= 0.3 is 5.97 Å². The lowest BCUT2D eigenvalue weighted by Crippen LogP contribution is -2.22. The summed E-state index contributed by atoms with van der Waals surface area (Å²) in [6, 6.07) is 12.7. The van der Waals surface area contributed by atoms with Crippen LogP contribution in [-0.4, -0.2) is 38.7 Å². The molecule has 8 heteroatoms. The molecule has 0 saturated heterocycles. The number of para-hydroxylation sites is 1. The fourth-order valence-corrected chi connectivity index (χ4v) is 3.14. The number of carbonyl (C=O) groups is 2. The lowest BCUT2D eigenvalue weighted by molar-refractivity contribution is -0.119. The van der Waals surface area contributed by atoms with Crippen molar-refractivity contribution in [2.24, 2.45) is 0 Å². The average Bonchev–Trinajstić information content (AvgIpc) is 3.27. The largest absolute Gasteiger partial charge is 0.452 e. The number of nitrogens with one attached hydrogen (secondary N) is 1. The standard InChI is InChI=1S/C22H25N5O3/c1-14(2)18-9-6-10-19(15(3)4)21(18)24-20(28)12-30-22(29)16-7-5-8-17(11-16)27-13-23-25-26-27/h5-11,13-15H,12H2,1-4H3,(H,24,28). The Morgan fingerprint density at radius 2 is 1.70 bits per heavy atom. The molecule has 0 unspecified atom stereocenters. The minimum atomic E-state index is -0.596. The highest BCUT2D eigenvalue weighted by molar-refractivity contribution is 5.96. The second-order valence-electron chi connectivity index (χ2n) is 7.55. The van der Waals surface area contributed by atoms with E-state index >= 15 is 0 Å². The molecule has 0 bridgehead atoms. The number of carbonyl (C=O) groups excluding carboxylic acids is 2. The topological polar surface area (TPSA) is 99.0 Å². The van der Waals surface area contributed by atoms with E-state index in [2.05, 4.69) is 48.5 Å². The third-order valence-corrected chi connectivity index (χ3v) is 4.67. The first-order valence-corrected chi connectivity index (χ1v) is 9.80. The van der Waals surface area contributed by atoms with Gasteiger partial charge < -0.3 is 10.1 Å². The number of tetrazole rings is 1. The van der Waals surface area contributed by atoms with Gasteiger partial charge in [0.2, 0.25) is 0 Å². The second-order valence-corrected chi connectivity index (χ2v) is 7.55. The van der Waals surface area contributed by atoms with Crippen LogP contribution in [0.25, 0.3) is 5.69 Å². The van der Waals surface area contributed by atoms with Crippen molar-refractivity contribution >= 4 is 17.6 Å². The number of hydrogen-bond donors (Lipinski definition) is 1. The molecule has 2 aromatic carbocycles. The van der Waals surface area contributed by atoms with Gasteiger partial charge in [0, 0.05) is 5.69 Å². The second kappa shape index (κ2) is 9.30. The molecule has 0 atom stereocenters. The number of rotatable bonds is 7. The molecule has 156 valence electrons. The Morgan fingerprint density at radius 1 is 1.03 bits per heavy atom. The van der Waals surface area contributed by atoms with Crippen molar-refractivity contribution in [3.63, 3.8) is 0 Å².